The van der Waals surface area contributed by atoms with Gasteiger partial charge in [-0.3, -0.25) is 4.79 Å². The zero-order valence-electron chi connectivity index (χ0n) is 16.6. The number of hydrogen-bond acceptors (Lipinski definition) is 5. The molecule has 1 aliphatic heterocycles. The lowest BCUT2D eigenvalue weighted by Gasteiger charge is -2.35. The van der Waals surface area contributed by atoms with Crippen LogP contribution in [0.5, 0.6) is 5.75 Å². The average molecular weight is 431 g/mol. The molecule has 2 heterocycles. The van der Waals surface area contributed by atoms with Gasteiger partial charge in [0.15, 0.2) is 5.82 Å². The summed E-state index contributed by atoms with van der Waals surface area (Å²) >= 11 is 6.21. The molecule has 0 radical (unpaired) electrons. The normalized spacial score (nSPS) is 14.3. The molecule has 3 aromatic carbocycles. The summed E-state index contributed by atoms with van der Waals surface area (Å²) in [6, 6.07) is 22.0. The van der Waals surface area contributed by atoms with Crippen LogP contribution in [0.15, 0.2) is 72.8 Å². The highest BCUT2D eigenvalue weighted by atomic mass is 35.5. The summed E-state index contributed by atoms with van der Waals surface area (Å²) < 4.78 is 0. The molecule has 1 aliphatic rings. The third-order valence-electron chi connectivity index (χ3n) is 5.37. The molecule has 0 saturated carbocycles. The molecule has 0 aliphatic carbocycles. The van der Waals surface area contributed by atoms with Gasteiger partial charge in [-0.05, 0) is 42.5 Å². The minimum Gasteiger partial charge on any atom is -0.507 e. The van der Waals surface area contributed by atoms with Crippen molar-refractivity contribution in [3.8, 4) is 17.1 Å². The lowest BCUT2D eigenvalue weighted by molar-refractivity contribution is -0.117. The molecule has 1 fully saturated rings. The summed E-state index contributed by atoms with van der Waals surface area (Å²) in [4.78, 5) is 26.1. The molecule has 4 aromatic rings. The highest BCUT2D eigenvalue weighted by molar-refractivity contribution is 6.31. The molecule has 0 unspecified atom stereocenters. The first-order valence-corrected chi connectivity index (χ1v) is 10.3. The Hall–Kier alpha value is -3.64. The van der Waals surface area contributed by atoms with Crippen molar-refractivity contribution < 1.29 is 9.90 Å². The quantitative estimate of drug-likeness (QED) is 0.518. The summed E-state index contributed by atoms with van der Waals surface area (Å²) in [6.07, 6.45) is 0. The second-order valence-corrected chi connectivity index (χ2v) is 7.79. The Labute approximate surface area is 184 Å². The number of fused-ring (bicyclic) bond motifs is 1. The lowest BCUT2D eigenvalue weighted by atomic mass is 10.1. The molecular formula is C24H19ClN4O2. The highest BCUT2D eigenvalue weighted by Crippen LogP contribution is 2.33. The van der Waals surface area contributed by atoms with Crippen molar-refractivity contribution in [2.75, 3.05) is 29.4 Å². The van der Waals surface area contributed by atoms with Crippen LogP contribution < -0.4 is 9.80 Å². The number of carbonyl (C=O) groups excluding carboxylic acids is 1. The topological polar surface area (TPSA) is 69.6 Å². The first kappa shape index (κ1) is 19.3. The molecular weight excluding hydrogens is 412 g/mol. The van der Waals surface area contributed by atoms with E-state index in [-0.39, 0.29) is 18.2 Å². The van der Waals surface area contributed by atoms with Gasteiger partial charge in [-0.1, -0.05) is 41.9 Å². The molecule has 0 atom stereocenters. The molecule has 6 nitrogen and oxygen atoms in total. The van der Waals surface area contributed by atoms with Crippen molar-refractivity contribution in [1.82, 2.24) is 9.97 Å². The number of carbonyl (C=O) groups is 1. The van der Waals surface area contributed by atoms with E-state index in [1.807, 2.05) is 47.4 Å². The third kappa shape index (κ3) is 3.66. The van der Waals surface area contributed by atoms with E-state index >= 15 is 0 Å². The molecule has 1 amide bonds. The number of piperazine rings is 1. The maximum Gasteiger partial charge on any atom is 0.246 e. The second kappa shape index (κ2) is 7.89. The van der Waals surface area contributed by atoms with Crippen LogP contribution in [0.3, 0.4) is 0 Å². The van der Waals surface area contributed by atoms with E-state index in [0.717, 1.165) is 11.1 Å². The Bertz CT molecular complexity index is 1280. The van der Waals surface area contributed by atoms with E-state index in [9.17, 15) is 9.90 Å². The number of benzene rings is 3. The van der Waals surface area contributed by atoms with Crippen molar-refractivity contribution in [1.29, 1.82) is 0 Å². The largest absolute Gasteiger partial charge is 0.507 e. The zero-order chi connectivity index (χ0) is 21.4. The molecule has 5 rings (SSSR count). The van der Waals surface area contributed by atoms with Crippen LogP contribution in [0.1, 0.15) is 0 Å². The SMILES string of the molecule is O=C1CN(c2nc(-c3ccccc3O)nc3cc(Cl)ccc23)CCN1c1ccccc1. The number of halogens is 1. The fraction of sp³-hybridized carbons (Fsp3) is 0.125. The molecule has 1 aromatic heterocycles. The monoisotopic (exact) mass is 430 g/mol. The number of anilines is 2. The number of aromatic hydroxyl groups is 1. The summed E-state index contributed by atoms with van der Waals surface area (Å²) in [5, 5.41) is 11.7. The molecule has 1 N–H and O–H groups in total. The number of nitrogens with zero attached hydrogens (tertiary/aromatic N) is 4. The van der Waals surface area contributed by atoms with Gasteiger partial charge in [0, 0.05) is 29.2 Å². The van der Waals surface area contributed by atoms with Gasteiger partial charge in [0.1, 0.15) is 11.6 Å². The van der Waals surface area contributed by atoms with Crippen LogP contribution in [0, 0.1) is 0 Å². The molecule has 0 bridgehead atoms. The van der Waals surface area contributed by atoms with E-state index in [1.165, 1.54) is 0 Å². The minimum atomic E-state index is 0.00211. The smallest absolute Gasteiger partial charge is 0.246 e. The number of hydrogen-bond donors (Lipinski definition) is 1. The minimum absolute atomic E-state index is 0.00211. The first-order valence-electron chi connectivity index (χ1n) is 9.96. The van der Waals surface area contributed by atoms with Crippen molar-refractivity contribution in [2.24, 2.45) is 0 Å². The average Bonchev–Trinajstić information content (AvgIpc) is 2.79. The summed E-state index contributed by atoms with van der Waals surface area (Å²) in [5.41, 5.74) is 2.08. The molecule has 1 saturated heterocycles. The van der Waals surface area contributed by atoms with Gasteiger partial charge in [-0.25, -0.2) is 9.97 Å². The van der Waals surface area contributed by atoms with Gasteiger partial charge in [0.25, 0.3) is 0 Å². The van der Waals surface area contributed by atoms with E-state index in [4.69, 9.17) is 16.6 Å². The number of phenolic OH excluding ortho intramolecular Hbond substituents is 1. The van der Waals surface area contributed by atoms with Crippen LogP contribution in [0.2, 0.25) is 5.02 Å². The number of rotatable bonds is 3. The standard InChI is InChI=1S/C24H19ClN4O2/c25-16-10-11-18-20(14-16)26-23(19-8-4-5-9-21(19)30)27-24(18)28-12-13-29(22(31)15-28)17-6-2-1-3-7-17/h1-11,14,30H,12-13,15H2. The Morgan fingerprint density at radius 2 is 1.68 bits per heavy atom. The van der Waals surface area contributed by atoms with Crippen molar-refractivity contribution >= 4 is 39.9 Å². The number of aromatic nitrogens is 2. The lowest BCUT2D eigenvalue weighted by Crippen LogP contribution is -2.51. The third-order valence-corrected chi connectivity index (χ3v) is 5.61. The van der Waals surface area contributed by atoms with Crippen LogP contribution in [0.25, 0.3) is 22.3 Å². The second-order valence-electron chi connectivity index (χ2n) is 7.35. The van der Waals surface area contributed by atoms with Gasteiger partial charge in [0.2, 0.25) is 5.91 Å². The highest BCUT2D eigenvalue weighted by Gasteiger charge is 2.27. The number of phenols is 1. The fourth-order valence-electron chi connectivity index (χ4n) is 3.85. The van der Waals surface area contributed by atoms with Gasteiger partial charge in [-0.15, -0.1) is 0 Å². The van der Waals surface area contributed by atoms with Gasteiger partial charge < -0.3 is 14.9 Å². The van der Waals surface area contributed by atoms with Crippen LogP contribution in [-0.2, 0) is 4.79 Å². The van der Waals surface area contributed by atoms with Gasteiger partial charge >= 0.3 is 0 Å². The Morgan fingerprint density at radius 3 is 2.45 bits per heavy atom. The fourth-order valence-corrected chi connectivity index (χ4v) is 4.01. The Kier molecular flexibility index (Phi) is 4.92. The van der Waals surface area contributed by atoms with Crippen LogP contribution >= 0.6 is 11.6 Å². The van der Waals surface area contributed by atoms with Crippen molar-refractivity contribution in [2.45, 2.75) is 0 Å². The Morgan fingerprint density at radius 1 is 0.903 bits per heavy atom. The first-order chi connectivity index (χ1) is 15.1. The maximum absolute atomic E-state index is 13.0. The number of amides is 1. The predicted molar refractivity (Wildman–Crippen MR) is 123 cm³/mol. The van der Waals surface area contributed by atoms with Gasteiger partial charge in [-0.2, -0.15) is 0 Å². The van der Waals surface area contributed by atoms with Gasteiger partial charge in [0.05, 0.1) is 17.6 Å². The summed E-state index contributed by atoms with van der Waals surface area (Å²) in [6.45, 7) is 1.37. The summed E-state index contributed by atoms with van der Waals surface area (Å²) in [5.74, 6) is 1.14. The van der Waals surface area contributed by atoms with E-state index in [2.05, 4.69) is 4.98 Å². The summed E-state index contributed by atoms with van der Waals surface area (Å²) in [7, 11) is 0. The Balaban J connectivity index is 1.56. The zero-order valence-corrected chi connectivity index (χ0v) is 17.3. The van der Waals surface area contributed by atoms with E-state index < -0.39 is 0 Å². The molecule has 31 heavy (non-hydrogen) atoms. The molecule has 154 valence electrons. The van der Waals surface area contributed by atoms with Crippen LogP contribution in [-0.4, -0.2) is 40.6 Å². The van der Waals surface area contributed by atoms with Crippen LogP contribution in [0.4, 0.5) is 11.5 Å². The van der Waals surface area contributed by atoms with E-state index in [0.29, 0.717) is 40.8 Å². The molecule has 7 heteroatoms. The van der Waals surface area contributed by atoms with Crippen molar-refractivity contribution in [3.63, 3.8) is 0 Å². The van der Waals surface area contributed by atoms with E-state index in [1.54, 1.807) is 35.2 Å². The number of para-hydroxylation sites is 2. The van der Waals surface area contributed by atoms with Crippen molar-refractivity contribution in [3.05, 3.63) is 77.8 Å². The predicted octanol–water partition coefficient (Wildman–Crippen LogP) is 4.51. The molecule has 0 spiro atoms. The maximum atomic E-state index is 13.0.